The van der Waals surface area contributed by atoms with Crippen LogP contribution in [-0.4, -0.2) is 47.1 Å². The average Bonchev–Trinajstić information content (AvgIpc) is 3.33. The Bertz CT molecular complexity index is 1020. The van der Waals surface area contributed by atoms with E-state index in [1.165, 1.54) is 0 Å². The summed E-state index contributed by atoms with van der Waals surface area (Å²) in [4.78, 5) is 19.4. The molecular weight excluding hydrogens is 410 g/mol. The molecule has 2 aliphatic heterocycles. The first kappa shape index (κ1) is 19.9. The number of carbonyl (C=O) groups is 1. The Kier molecular flexibility index (Phi) is 5.63. The number of rotatable bonds is 2. The SMILES string of the molecule is Cl.O=C(C1CCNC1)N1CCOc2c(O)cc(-c3nc4ccccc4s3)cc2C1. The number of ether oxygens (including phenoxy) is 1. The normalized spacial score (nSPS) is 18.6. The first-order valence-corrected chi connectivity index (χ1v) is 10.3. The quantitative estimate of drug-likeness (QED) is 0.650. The Morgan fingerprint density at radius 1 is 1.31 bits per heavy atom. The largest absolute Gasteiger partial charge is 0.504 e. The van der Waals surface area contributed by atoms with E-state index in [2.05, 4.69) is 5.32 Å². The third-order valence-corrected chi connectivity index (χ3v) is 6.46. The molecule has 1 atom stereocenters. The Morgan fingerprint density at radius 2 is 2.17 bits per heavy atom. The predicted octanol–water partition coefficient (Wildman–Crippen LogP) is 3.42. The number of hydrogen-bond acceptors (Lipinski definition) is 6. The number of nitrogens with one attached hydrogen (secondary N) is 1. The molecule has 2 aromatic carbocycles. The summed E-state index contributed by atoms with van der Waals surface area (Å²) in [6.45, 7) is 2.98. The van der Waals surface area contributed by atoms with Crippen molar-refractivity contribution in [1.82, 2.24) is 15.2 Å². The second kappa shape index (κ2) is 8.18. The smallest absolute Gasteiger partial charge is 0.227 e. The minimum Gasteiger partial charge on any atom is -0.504 e. The van der Waals surface area contributed by atoms with Crippen molar-refractivity contribution in [1.29, 1.82) is 0 Å². The molecule has 3 aromatic rings. The molecular formula is C21H22ClN3O3S. The zero-order valence-electron chi connectivity index (χ0n) is 15.8. The first-order chi connectivity index (χ1) is 13.7. The molecule has 3 heterocycles. The van der Waals surface area contributed by atoms with Gasteiger partial charge in [0.1, 0.15) is 11.6 Å². The number of nitrogens with zero attached hydrogens (tertiary/aromatic N) is 2. The number of amides is 1. The van der Waals surface area contributed by atoms with E-state index in [1.807, 2.05) is 35.2 Å². The van der Waals surface area contributed by atoms with E-state index in [-0.39, 0.29) is 30.0 Å². The third kappa shape index (κ3) is 3.77. The number of halogens is 1. The van der Waals surface area contributed by atoms with Crippen molar-refractivity contribution in [3.05, 3.63) is 42.0 Å². The van der Waals surface area contributed by atoms with E-state index < -0.39 is 0 Å². The molecule has 1 saturated heterocycles. The zero-order valence-corrected chi connectivity index (χ0v) is 17.4. The van der Waals surface area contributed by atoms with E-state index in [1.54, 1.807) is 17.4 Å². The van der Waals surface area contributed by atoms with Gasteiger partial charge in [-0.05, 0) is 37.2 Å². The van der Waals surface area contributed by atoms with Crippen LogP contribution in [0.2, 0.25) is 0 Å². The summed E-state index contributed by atoms with van der Waals surface area (Å²) >= 11 is 1.59. The second-order valence-corrected chi connectivity index (χ2v) is 8.30. The number of para-hydroxylation sites is 1. The van der Waals surface area contributed by atoms with E-state index >= 15 is 0 Å². The van der Waals surface area contributed by atoms with Gasteiger partial charge in [0.2, 0.25) is 5.91 Å². The van der Waals surface area contributed by atoms with Crippen LogP contribution < -0.4 is 10.1 Å². The molecule has 0 radical (unpaired) electrons. The summed E-state index contributed by atoms with van der Waals surface area (Å²) in [5.41, 5.74) is 2.61. The molecule has 0 aliphatic carbocycles. The average molecular weight is 432 g/mol. The minimum absolute atomic E-state index is 0. The lowest BCUT2D eigenvalue weighted by atomic mass is 10.1. The van der Waals surface area contributed by atoms with Crippen LogP contribution >= 0.6 is 23.7 Å². The highest BCUT2D eigenvalue weighted by Gasteiger charge is 2.30. The lowest BCUT2D eigenvalue weighted by Crippen LogP contribution is -2.37. The molecule has 1 fully saturated rings. The summed E-state index contributed by atoms with van der Waals surface area (Å²) in [6, 6.07) is 11.7. The number of carbonyl (C=O) groups excluding carboxylic acids is 1. The van der Waals surface area contributed by atoms with Gasteiger partial charge in [0.15, 0.2) is 11.5 Å². The molecule has 6 nitrogen and oxygen atoms in total. The molecule has 0 saturated carbocycles. The third-order valence-electron chi connectivity index (χ3n) is 5.38. The van der Waals surface area contributed by atoms with Crippen LogP contribution in [-0.2, 0) is 11.3 Å². The van der Waals surface area contributed by atoms with E-state index in [0.29, 0.717) is 25.4 Å². The Labute approximate surface area is 178 Å². The van der Waals surface area contributed by atoms with Crippen LogP contribution in [0.3, 0.4) is 0 Å². The molecule has 0 spiro atoms. The van der Waals surface area contributed by atoms with Gasteiger partial charge in [-0.3, -0.25) is 4.79 Å². The fourth-order valence-corrected chi connectivity index (χ4v) is 4.88. The van der Waals surface area contributed by atoms with Gasteiger partial charge >= 0.3 is 0 Å². The fourth-order valence-electron chi connectivity index (χ4n) is 3.93. The van der Waals surface area contributed by atoms with Gasteiger partial charge in [-0.25, -0.2) is 4.98 Å². The minimum atomic E-state index is 0. The van der Waals surface area contributed by atoms with Crippen LogP contribution in [0.5, 0.6) is 11.5 Å². The van der Waals surface area contributed by atoms with Crippen LogP contribution in [0.1, 0.15) is 12.0 Å². The van der Waals surface area contributed by atoms with Crippen molar-refractivity contribution >= 4 is 39.9 Å². The molecule has 1 amide bonds. The Balaban J connectivity index is 0.00000205. The summed E-state index contributed by atoms with van der Waals surface area (Å²) in [5, 5.41) is 14.7. The Morgan fingerprint density at radius 3 is 2.97 bits per heavy atom. The van der Waals surface area contributed by atoms with E-state index in [4.69, 9.17) is 9.72 Å². The molecule has 1 aromatic heterocycles. The summed E-state index contributed by atoms with van der Waals surface area (Å²) in [6.07, 6.45) is 0.875. The van der Waals surface area contributed by atoms with Crippen molar-refractivity contribution in [2.75, 3.05) is 26.2 Å². The zero-order chi connectivity index (χ0) is 19.1. The topological polar surface area (TPSA) is 74.7 Å². The molecule has 0 bridgehead atoms. The van der Waals surface area contributed by atoms with Crippen LogP contribution in [0.25, 0.3) is 20.8 Å². The number of fused-ring (bicyclic) bond motifs is 2. The lowest BCUT2D eigenvalue weighted by Gasteiger charge is -2.23. The number of aromatic hydroxyl groups is 1. The fraction of sp³-hybridized carbons (Fsp3) is 0.333. The Hall–Kier alpha value is -2.35. The van der Waals surface area contributed by atoms with Gasteiger partial charge in [-0.1, -0.05) is 12.1 Å². The van der Waals surface area contributed by atoms with Gasteiger partial charge in [0.25, 0.3) is 0 Å². The van der Waals surface area contributed by atoms with Crippen LogP contribution in [0.4, 0.5) is 0 Å². The van der Waals surface area contributed by atoms with Gasteiger partial charge in [0, 0.05) is 24.2 Å². The highest BCUT2D eigenvalue weighted by molar-refractivity contribution is 7.21. The number of thiazole rings is 1. The second-order valence-electron chi connectivity index (χ2n) is 7.27. The number of hydrogen-bond donors (Lipinski definition) is 2. The highest BCUT2D eigenvalue weighted by Crippen LogP contribution is 2.39. The standard InChI is InChI=1S/C21H21N3O3S.ClH/c25-17-10-14(20-23-16-3-1-2-4-18(16)28-20)9-15-12-24(7-8-27-19(15)17)21(26)13-5-6-22-11-13;/h1-4,9-10,13,22,25H,5-8,11-12H2;1H. The molecule has 1 unspecified atom stereocenters. The van der Waals surface area contributed by atoms with E-state index in [0.717, 1.165) is 45.9 Å². The van der Waals surface area contributed by atoms with Gasteiger partial charge in [0.05, 0.1) is 22.7 Å². The first-order valence-electron chi connectivity index (χ1n) is 9.53. The van der Waals surface area contributed by atoms with E-state index in [9.17, 15) is 9.90 Å². The van der Waals surface area contributed by atoms with Gasteiger partial charge in [-0.15, -0.1) is 23.7 Å². The number of benzene rings is 2. The molecule has 5 rings (SSSR count). The summed E-state index contributed by atoms with van der Waals surface area (Å²) in [5.74, 6) is 0.766. The van der Waals surface area contributed by atoms with Crippen LogP contribution in [0.15, 0.2) is 36.4 Å². The van der Waals surface area contributed by atoms with Crippen molar-refractivity contribution < 1.29 is 14.6 Å². The monoisotopic (exact) mass is 431 g/mol. The number of phenols is 1. The van der Waals surface area contributed by atoms with Crippen LogP contribution in [0, 0.1) is 5.92 Å². The maximum atomic E-state index is 12.9. The highest BCUT2D eigenvalue weighted by atomic mass is 35.5. The summed E-state index contributed by atoms with van der Waals surface area (Å²) < 4.78 is 6.90. The molecule has 2 aliphatic rings. The molecule has 29 heavy (non-hydrogen) atoms. The molecule has 2 N–H and O–H groups in total. The van der Waals surface area contributed by atoms with Gasteiger partial charge < -0.3 is 20.1 Å². The van der Waals surface area contributed by atoms with Crippen molar-refractivity contribution in [3.8, 4) is 22.1 Å². The predicted molar refractivity (Wildman–Crippen MR) is 116 cm³/mol. The van der Waals surface area contributed by atoms with Crippen molar-refractivity contribution in [3.63, 3.8) is 0 Å². The maximum absolute atomic E-state index is 12.9. The number of phenolic OH excluding ortho intramolecular Hbond substituents is 1. The molecule has 8 heteroatoms. The lowest BCUT2D eigenvalue weighted by molar-refractivity contribution is -0.135. The van der Waals surface area contributed by atoms with Crippen molar-refractivity contribution in [2.45, 2.75) is 13.0 Å². The summed E-state index contributed by atoms with van der Waals surface area (Å²) in [7, 11) is 0. The van der Waals surface area contributed by atoms with Gasteiger partial charge in [-0.2, -0.15) is 0 Å². The molecule has 152 valence electrons. The maximum Gasteiger partial charge on any atom is 0.227 e. The van der Waals surface area contributed by atoms with Crippen molar-refractivity contribution in [2.24, 2.45) is 5.92 Å². The number of aromatic nitrogens is 1.